The van der Waals surface area contributed by atoms with Gasteiger partial charge in [-0.25, -0.2) is 4.79 Å². The van der Waals surface area contributed by atoms with Crippen molar-refractivity contribution >= 4 is 6.09 Å². The summed E-state index contributed by atoms with van der Waals surface area (Å²) in [5, 5.41) is 11.8. The molecule has 1 aromatic rings. The lowest BCUT2D eigenvalue weighted by atomic mass is 10.1. The minimum Gasteiger partial charge on any atom is -0.491 e. The van der Waals surface area contributed by atoms with Gasteiger partial charge in [0.05, 0.1) is 12.7 Å². The summed E-state index contributed by atoms with van der Waals surface area (Å²) in [6, 6.07) is 7.63. The zero-order chi connectivity index (χ0) is 20.4. The Bertz CT molecular complexity index is 595. The van der Waals surface area contributed by atoms with Gasteiger partial charge in [0, 0.05) is 19.6 Å². The topological polar surface area (TPSA) is 86.3 Å². The Morgan fingerprint density at radius 2 is 2.11 bits per heavy atom. The molecule has 0 radical (unpaired) electrons. The normalized spacial score (nSPS) is 18.4. The number of aliphatic hydroxyl groups excluding tert-OH is 1. The van der Waals surface area contributed by atoms with Crippen LogP contribution in [0.15, 0.2) is 24.3 Å². The lowest BCUT2D eigenvalue weighted by Crippen LogP contribution is -2.40. The highest BCUT2D eigenvalue weighted by molar-refractivity contribution is 5.67. The SMILES string of the molecule is CC(C)(C)OC(=O)NC[C@H](Cc1ccccc1OCCO)OC1CCCCO1. The summed E-state index contributed by atoms with van der Waals surface area (Å²) in [7, 11) is 0. The van der Waals surface area contributed by atoms with Crippen LogP contribution in [0.5, 0.6) is 5.75 Å². The van der Waals surface area contributed by atoms with Crippen molar-refractivity contribution in [3.05, 3.63) is 29.8 Å². The first-order chi connectivity index (χ1) is 13.4. The number of hydrogen-bond acceptors (Lipinski definition) is 6. The molecule has 0 saturated carbocycles. The molecular weight excluding hydrogens is 362 g/mol. The minimum atomic E-state index is -0.558. The van der Waals surface area contributed by atoms with E-state index in [1.165, 1.54) is 0 Å². The van der Waals surface area contributed by atoms with Crippen LogP contribution in [0.1, 0.15) is 45.6 Å². The van der Waals surface area contributed by atoms with E-state index in [1.807, 2.05) is 45.0 Å². The maximum atomic E-state index is 12.0. The average molecular weight is 395 g/mol. The molecule has 7 heteroatoms. The fraction of sp³-hybridized carbons (Fsp3) is 0.667. The third-order valence-electron chi connectivity index (χ3n) is 4.12. The maximum Gasteiger partial charge on any atom is 0.407 e. The van der Waals surface area contributed by atoms with E-state index in [9.17, 15) is 4.79 Å². The Hall–Kier alpha value is -1.83. The highest BCUT2D eigenvalue weighted by atomic mass is 16.7. The van der Waals surface area contributed by atoms with Gasteiger partial charge in [0.25, 0.3) is 0 Å². The van der Waals surface area contributed by atoms with Gasteiger partial charge in [0.15, 0.2) is 6.29 Å². The van der Waals surface area contributed by atoms with Crippen molar-refractivity contribution in [3.8, 4) is 5.75 Å². The first-order valence-electron chi connectivity index (χ1n) is 9.93. The zero-order valence-corrected chi connectivity index (χ0v) is 17.1. The molecule has 1 fully saturated rings. The molecule has 0 aliphatic carbocycles. The van der Waals surface area contributed by atoms with Gasteiger partial charge >= 0.3 is 6.09 Å². The summed E-state index contributed by atoms with van der Waals surface area (Å²) in [6.45, 7) is 6.63. The molecule has 1 saturated heterocycles. The first-order valence-corrected chi connectivity index (χ1v) is 9.93. The smallest absolute Gasteiger partial charge is 0.407 e. The molecule has 2 atom stereocenters. The van der Waals surface area contributed by atoms with Gasteiger partial charge in [-0.3, -0.25) is 0 Å². The molecule has 1 unspecified atom stereocenters. The molecule has 0 spiro atoms. The van der Waals surface area contributed by atoms with Gasteiger partial charge < -0.3 is 29.4 Å². The highest BCUT2D eigenvalue weighted by Crippen LogP contribution is 2.23. The standard InChI is InChI=1S/C21H33NO6/c1-21(2,3)28-20(24)22-15-17(27-19-10-6-7-12-26-19)14-16-8-4-5-9-18(16)25-13-11-23/h4-5,8-9,17,19,23H,6-7,10-15H2,1-3H3,(H,22,24)/t17-,19?/m0/s1. The Balaban J connectivity index is 2.02. The number of carbonyl (C=O) groups is 1. The number of para-hydroxylation sites is 1. The maximum absolute atomic E-state index is 12.0. The predicted molar refractivity (Wildman–Crippen MR) is 105 cm³/mol. The molecule has 0 bridgehead atoms. The largest absolute Gasteiger partial charge is 0.491 e. The molecule has 1 aliphatic heterocycles. The van der Waals surface area contributed by atoms with Gasteiger partial charge in [0.1, 0.15) is 18.0 Å². The number of alkyl carbamates (subject to hydrolysis) is 1. The van der Waals surface area contributed by atoms with E-state index in [4.69, 9.17) is 24.1 Å². The quantitative estimate of drug-likeness (QED) is 0.668. The Morgan fingerprint density at radius 1 is 1.32 bits per heavy atom. The van der Waals surface area contributed by atoms with E-state index < -0.39 is 11.7 Å². The van der Waals surface area contributed by atoms with Crippen molar-refractivity contribution in [1.29, 1.82) is 0 Å². The van der Waals surface area contributed by atoms with Crippen LogP contribution in [0.4, 0.5) is 4.79 Å². The number of benzene rings is 1. The molecule has 7 nitrogen and oxygen atoms in total. The van der Waals surface area contributed by atoms with Crippen LogP contribution < -0.4 is 10.1 Å². The summed E-state index contributed by atoms with van der Waals surface area (Å²) < 4.78 is 22.8. The van der Waals surface area contributed by atoms with Gasteiger partial charge in [-0.05, 0) is 51.7 Å². The van der Waals surface area contributed by atoms with E-state index in [0.717, 1.165) is 24.8 Å². The highest BCUT2D eigenvalue weighted by Gasteiger charge is 2.23. The van der Waals surface area contributed by atoms with Gasteiger partial charge in [0.2, 0.25) is 0 Å². The van der Waals surface area contributed by atoms with Crippen LogP contribution in [-0.2, 0) is 20.6 Å². The Morgan fingerprint density at radius 3 is 2.79 bits per heavy atom. The van der Waals surface area contributed by atoms with E-state index in [1.54, 1.807) is 0 Å². The Kier molecular flexibility index (Phi) is 9.02. The lowest BCUT2D eigenvalue weighted by molar-refractivity contribution is -0.186. The van der Waals surface area contributed by atoms with E-state index in [-0.39, 0.29) is 25.6 Å². The first kappa shape index (κ1) is 22.5. The van der Waals surface area contributed by atoms with Crippen molar-refractivity contribution in [2.24, 2.45) is 0 Å². The number of amides is 1. The minimum absolute atomic E-state index is 0.0512. The van der Waals surface area contributed by atoms with Crippen LogP contribution in [0, 0.1) is 0 Å². The van der Waals surface area contributed by atoms with Crippen molar-refractivity contribution in [2.75, 3.05) is 26.4 Å². The van der Waals surface area contributed by atoms with E-state index >= 15 is 0 Å². The second-order valence-corrected chi connectivity index (χ2v) is 7.82. The van der Waals surface area contributed by atoms with Crippen LogP contribution in [0.3, 0.4) is 0 Å². The molecule has 158 valence electrons. The average Bonchev–Trinajstić information content (AvgIpc) is 2.65. The van der Waals surface area contributed by atoms with Crippen molar-refractivity contribution in [3.63, 3.8) is 0 Å². The van der Waals surface area contributed by atoms with Crippen molar-refractivity contribution in [2.45, 2.75) is 64.4 Å². The second-order valence-electron chi connectivity index (χ2n) is 7.82. The van der Waals surface area contributed by atoms with Crippen LogP contribution in [-0.4, -0.2) is 55.6 Å². The Labute approximate surface area is 167 Å². The van der Waals surface area contributed by atoms with Crippen LogP contribution >= 0.6 is 0 Å². The predicted octanol–water partition coefficient (Wildman–Crippen LogP) is 3.04. The third kappa shape index (κ3) is 8.46. The van der Waals surface area contributed by atoms with Gasteiger partial charge in [-0.1, -0.05) is 18.2 Å². The number of aliphatic hydroxyl groups is 1. The van der Waals surface area contributed by atoms with E-state index in [2.05, 4.69) is 5.32 Å². The molecule has 0 aromatic heterocycles. The molecule has 2 rings (SSSR count). The summed E-state index contributed by atoms with van der Waals surface area (Å²) in [5.41, 5.74) is 0.389. The fourth-order valence-corrected chi connectivity index (χ4v) is 2.93. The summed E-state index contributed by atoms with van der Waals surface area (Å²) in [6.07, 6.45) is 2.43. The third-order valence-corrected chi connectivity index (χ3v) is 4.12. The van der Waals surface area contributed by atoms with Crippen LogP contribution in [0.2, 0.25) is 0 Å². The summed E-state index contributed by atoms with van der Waals surface area (Å²) >= 11 is 0. The second kappa shape index (κ2) is 11.2. The summed E-state index contributed by atoms with van der Waals surface area (Å²) in [5.74, 6) is 0.701. The van der Waals surface area contributed by atoms with Crippen molar-refractivity contribution in [1.82, 2.24) is 5.32 Å². The molecule has 2 N–H and O–H groups in total. The summed E-state index contributed by atoms with van der Waals surface area (Å²) in [4.78, 5) is 12.0. The molecule has 1 heterocycles. The lowest BCUT2D eigenvalue weighted by Gasteiger charge is -2.29. The van der Waals surface area contributed by atoms with Gasteiger partial charge in [-0.15, -0.1) is 0 Å². The van der Waals surface area contributed by atoms with Gasteiger partial charge in [-0.2, -0.15) is 0 Å². The molecule has 1 aromatic carbocycles. The number of ether oxygens (including phenoxy) is 4. The molecule has 28 heavy (non-hydrogen) atoms. The number of carbonyl (C=O) groups excluding carboxylic acids is 1. The van der Waals surface area contributed by atoms with Crippen LogP contribution in [0.25, 0.3) is 0 Å². The number of rotatable bonds is 9. The molecule has 1 aliphatic rings. The number of nitrogens with one attached hydrogen (secondary N) is 1. The van der Waals surface area contributed by atoms with Crippen molar-refractivity contribution < 1.29 is 28.8 Å². The monoisotopic (exact) mass is 395 g/mol. The molecular formula is C21H33NO6. The molecule has 1 amide bonds. The number of hydrogen-bond donors (Lipinski definition) is 2. The van der Waals surface area contributed by atoms with E-state index in [0.29, 0.717) is 25.3 Å². The zero-order valence-electron chi connectivity index (χ0n) is 17.1. The fourth-order valence-electron chi connectivity index (χ4n) is 2.93.